The minimum Gasteiger partial charge on any atom is -0.355 e. The second-order valence-electron chi connectivity index (χ2n) is 4.18. The molecule has 96 valence electrons. The monoisotopic (exact) mass is 257 g/mol. The van der Waals surface area contributed by atoms with Crippen LogP contribution in [0.2, 0.25) is 0 Å². The van der Waals surface area contributed by atoms with Gasteiger partial charge < -0.3 is 4.90 Å². The van der Waals surface area contributed by atoms with E-state index < -0.39 is 12.0 Å². The van der Waals surface area contributed by atoms with E-state index in [0.717, 1.165) is 30.4 Å². The van der Waals surface area contributed by atoms with Crippen molar-refractivity contribution in [2.45, 2.75) is 19.0 Å². The predicted octanol–water partition coefficient (Wildman–Crippen LogP) is 1.74. The smallest absolute Gasteiger partial charge is 0.355 e. The summed E-state index contributed by atoms with van der Waals surface area (Å²) in [6.07, 6.45) is -2.47. The van der Waals surface area contributed by atoms with Gasteiger partial charge in [0.1, 0.15) is 5.82 Å². The zero-order valence-electron chi connectivity index (χ0n) is 9.35. The minimum absolute atomic E-state index is 0.102. The van der Waals surface area contributed by atoms with Crippen LogP contribution < -0.4 is 4.90 Å². The molecule has 0 spiro atoms. The van der Waals surface area contributed by atoms with Crippen molar-refractivity contribution in [2.24, 2.45) is 0 Å². The number of rotatable bonds is 1. The average Bonchev–Trinajstić information content (AvgIpc) is 2.96. The maximum absolute atomic E-state index is 12.7. The Labute approximate surface area is 100 Å². The summed E-state index contributed by atoms with van der Waals surface area (Å²) in [7, 11) is 0. The van der Waals surface area contributed by atoms with Gasteiger partial charge in [0.15, 0.2) is 5.65 Å². The summed E-state index contributed by atoms with van der Waals surface area (Å²) in [6.45, 7) is 1.64. The first-order valence-corrected chi connectivity index (χ1v) is 5.60. The molecule has 0 unspecified atom stereocenters. The average molecular weight is 257 g/mol. The number of nitrogens with zero attached hydrogens (tertiary/aromatic N) is 5. The van der Waals surface area contributed by atoms with E-state index >= 15 is 0 Å². The summed E-state index contributed by atoms with van der Waals surface area (Å²) in [5, 5.41) is 10.6. The van der Waals surface area contributed by atoms with Crippen LogP contribution in [0, 0.1) is 0 Å². The molecule has 0 bridgehead atoms. The summed E-state index contributed by atoms with van der Waals surface area (Å²) in [4.78, 5) is 1.96. The van der Waals surface area contributed by atoms with Crippen LogP contribution in [0.5, 0.6) is 0 Å². The van der Waals surface area contributed by atoms with E-state index in [1.54, 1.807) is 6.07 Å². The third-order valence-corrected chi connectivity index (χ3v) is 2.93. The van der Waals surface area contributed by atoms with Crippen LogP contribution in [0.3, 0.4) is 0 Å². The van der Waals surface area contributed by atoms with E-state index in [1.807, 2.05) is 4.90 Å². The quantitative estimate of drug-likeness (QED) is 0.780. The van der Waals surface area contributed by atoms with Crippen LogP contribution >= 0.6 is 0 Å². The fourth-order valence-corrected chi connectivity index (χ4v) is 2.07. The fourth-order valence-electron chi connectivity index (χ4n) is 2.07. The van der Waals surface area contributed by atoms with Crippen LogP contribution in [-0.4, -0.2) is 32.9 Å². The van der Waals surface area contributed by atoms with Gasteiger partial charge in [0.25, 0.3) is 5.82 Å². The van der Waals surface area contributed by atoms with Gasteiger partial charge in [-0.1, -0.05) is 0 Å². The standard InChI is InChI=1S/C10H10F3N5/c11-10(12,13)9-15-14-7-3-4-8(16-18(7)9)17-5-1-2-6-17/h3-4H,1-2,5-6H2. The van der Waals surface area contributed by atoms with Gasteiger partial charge in [0.05, 0.1) is 0 Å². The van der Waals surface area contributed by atoms with Crippen molar-refractivity contribution in [2.75, 3.05) is 18.0 Å². The van der Waals surface area contributed by atoms with Crippen molar-refractivity contribution in [3.8, 4) is 0 Å². The lowest BCUT2D eigenvalue weighted by Gasteiger charge is -2.15. The molecule has 8 heteroatoms. The Morgan fingerprint density at radius 3 is 2.44 bits per heavy atom. The van der Waals surface area contributed by atoms with Crippen molar-refractivity contribution < 1.29 is 13.2 Å². The number of alkyl halides is 3. The van der Waals surface area contributed by atoms with E-state index in [1.165, 1.54) is 6.07 Å². The highest BCUT2D eigenvalue weighted by atomic mass is 19.4. The molecule has 0 N–H and O–H groups in total. The van der Waals surface area contributed by atoms with Crippen LogP contribution in [0.15, 0.2) is 12.1 Å². The Hall–Kier alpha value is -1.86. The third kappa shape index (κ3) is 1.77. The molecule has 0 aliphatic carbocycles. The molecule has 0 aromatic carbocycles. The number of anilines is 1. The van der Waals surface area contributed by atoms with Gasteiger partial charge in [-0.05, 0) is 25.0 Å². The van der Waals surface area contributed by atoms with Crippen LogP contribution in [-0.2, 0) is 6.18 Å². The van der Waals surface area contributed by atoms with Gasteiger partial charge in [-0.2, -0.15) is 17.7 Å². The molecule has 2 aromatic heterocycles. The predicted molar refractivity (Wildman–Crippen MR) is 57.2 cm³/mol. The normalized spacial score (nSPS) is 16.7. The molecular weight excluding hydrogens is 247 g/mol. The number of aromatic nitrogens is 4. The van der Waals surface area contributed by atoms with Gasteiger partial charge in [0.2, 0.25) is 0 Å². The van der Waals surface area contributed by atoms with Gasteiger partial charge in [0, 0.05) is 13.1 Å². The summed E-state index contributed by atoms with van der Waals surface area (Å²) in [6, 6.07) is 3.18. The second kappa shape index (κ2) is 3.82. The molecule has 3 heterocycles. The first kappa shape index (κ1) is 11.2. The van der Waals surface area contributed by atoms with Crippen molar-refractivity contribution >= 4 is 11.5 Å². The lowest BCUT2D eigenvalue weighted by molar-refractivity contribution is -0.146. The Balaban J connectivity index is 2.09. The molecule has 5 nitrogen and oxygen atoms in total. The zero-order chi connectivity index (χ0) is 12.8. The summed E-state index contributed by atoms with van der Waals surface area (Å²) in [5.41, 5.74) is 0.102. The number of hydrogen-bond donors (Lipinski definition) is 0. The fraction of sp³-hybridized carbons (Fsp3) is 0.500. The molecule has 0 atom stereocenters. The minimum atomic E-state index is -4.55. The number of halogens is 3. The van der Waals surface area contributed by atoms with Crippen molar-refractivity contribution in [3.05, 3.63) is 18.0 Å². The molecule has 1 aliphatic heterocycles. The first-order chi connectivity index (χ1) is 8.55. The Morgan fingerprint density at radius 1 is 1.06 bits per heavy atom. The highest BCUT2D eigenvalue weighted by molar-refractivity contribution is 5.46. The highest BCUT2D eigenvalue weighted by Gasteiger charge is 2.37. The van der Waals surface area contributed by atoms with E-state index in [0.29, 0.717) is 5.82 Å². The van der Waals surface area contributed by atoms with E-state index in [4.69, 9.17) is 0 Å². The molecule has 18 heavy (non-hydrogen) atoms. The molecular formula is C10H10F3N5. The topological polar surface area (TPSA) is 46.3 Å². The van der Waals surface area contributed by atoms with Gasteiger partial charge >= 0.3 is 6.18 Å². The lowest BCUT2D eigenvalue weighted by Crippen LogP contribution is -2.21. The lowest BCUT2D eigenvalue weighted by atomic mass is 10.4. The molecule has 1 aliphatic rings. The molecule has 2 aromatic rings. The van der Waals surface area contributed by atoms with E-state index in [9.17, 15) is 13.2 Å². The van der Waals surface area contributed by atoms with Crippen LogP contribution in [0.4, 0.5) is 19.0 Å². The number of fused-ring (bicyclic) bond motifs is 1. The van der Waals surface area contributed by atoms with Crippen molar-refractivity contribution in [1.29, 1.82) is 0 Å². The maximum atomic E-state index is 12.7. The first-order valence-electron chi connectivity index (χ1n) is 5.60. The second-order valence-corrected chi connectivity index (χ2v) is 4.18. The number of hydrogen-bond acceptors (Lipinski definition) is 4. The Bertz CT molecular complexity index is 570. The van der Waals surface area contributed by atoms with Crippen molar-refractivity contribution in [1.82, 2.24) is 19.8 Å². The molecule has 0 saturated carbocycles. The summed E-state index contributed by atoms with van der Waals surface area (Å²) >= 11 is 0. The third-order valence-electron chi connectivity index (χ3n) is 2.93. The van der Waals surface area contributed by atoms with Gasteiger partial charge in [-0.25, -0.2) is 0 Å². The highest BCUT2D eigenvalue weighted by Crippen LogP contribution is 2.28. The molecule has 3 rings (SSSR count). The summed E-state index contributed by atoms with van der Waals surface area (Å²) < 4.78 is 38.8. The molecule has 1 saturated heterocycles. The Kier molecular flexibility index (Phi) is 2.39. The van der Waals surface area contributed by atoms with Gasteiger partial charge in [-0.3, -0.25) is 0 Å². The summed E-state index contributed by atoms with van der Waals surface area (Å²) in [5.74, 6) is -0.552. The van der Waals surface area contributed by atoms with Crippen LogP contribution in [0.25, 0.3) is 5.65 Å². The van der Waals surface area contributed by atoms with E-state index in [2.05, 4.69) is 15.3 Å². The van der Waals surface area contributed by atoms with E-state index in [-0.39, 0.29) is 5.65 Å². The molecule has 0 radical (unpaired) electrons. The SMILES string of the molecule is FC(F)(F)c1nnc2ccc(N3CCCC3)nn12. The molecule has 1 fully saturated rings. The largest absolute Gasteiger partial charge is 0.453 e. The van der Waals surface area contributed by atoms with Crippen LogP contribution in [0.1, 0.15) is 18.7 Å². The van der Waals surface area contributed by atoms with Crippen molar-refractivity contribution in [3.63, 3.8) is 0 Å². The zero-order valence-corrected chi connectivity index (χ0v) is 9.35. The molecule has 0 amide bonds. The van der Waals surface area contributed by atoms with Gasteiger partial charge in [-0.15, -0.1) is 15.3 Å². The Morgan fingerprint density at radius 2 is 1.78 bits per heavy atom. The maximum Gasteiger partial charge on any atom is 0.453 e.